The number of hydrogen-bond acceptors (Lipinski definition) is 5. The van der Waals surface area contributed by atoms with E-state index in [1.54, 1.807) is 0 Å². The summed E-state index contributed by atoms with van der Waals surface area (Å²) < 4.78 is 2.09. The zero-order chi connectivity index (χ0) is 18.7. The van der Waals surface area contributed by atoms with Gasteiger partial charge in [-0.15, -0.1) is 10.2 Å². The zero-order valence-electron chi connectivity index (χ0n) is 14.9. The molecule has 1 aromatic heterocycles. The predicted molar refractivity (Wildman–Crippen MR) is 99.8 cm³/mol. The van der Waals surface area contributed by atoms with Gasteiger partial charge in [0.1, 0.15) is 5.82 Å². The summed E-state index contributed by atoms with van der Waals surface area (Å²) in [5.74, 6) is 1.01. The van der Waals surface area contributed by atoms with Crippen LogP contribution in [0, 0.1) is 5.92 Å². The minimum Gasteiger partial charge on any atom is -0.351 e. The summed E-state index contributed by atoms with van der Waals surface area (Å²) >= 11 is 1.33. The molecule has 1 saturated carbocycles. The number of imide groups is 1. The lowest BCUT2D eigenvalue weighted by atomic mass is 10.1. The maximum absolute atomic E-state index is 12.3. The molecule has 138 valence electrons. The van der Waals surface area contributed by atoms with Crippen LogP contribution < -0.4 is 11.1 Å². The van der Waals surface area contributed by atoms with Crippen molar-refractivity contribution in [1.82, 2.24) is 20.1 Å². The van der Waals surface area contributed by atoms with E-state index < -0.39 is 17.2 Å². The third-order valence-corrected chi connectivity index (χ3v) is 5.74. The number of aromatic nitrogens is 3. The molecule has 0 spiro atoms. The molecule has 0 saturated heterocycles. The van der Waals surface area contributed by atoms with Crippen molar-refractivity contribution in [3.63, 3.8) is 0 Å². The molecule has 3 N–H and O–H groups in total. The van der Waals surface area contributed by atoms with Gasteiger partial charge >= 0.3 is 6.03 Å². The summed E-state index contributed by atoms with van der Waals surface area (Å²) in [6.07, 6.45) is 2.24. The Morgan fingerprint density at radius 2 is 1.96 bits per heavy atom. The molecule has 3 amide bonds. The molecular weight excluding hydrogens is 350 g/mol. The molecule has 2 aromatic rings. The predicted octanol–water partition coefficient (Wildman–Crippen LogP) is 2.52. The first kappa shape index (κ1) is 18.4. The number of carbonyl (C=O) groups excluding carboxylic acids is 2. The lowest BCUT2D eigenvalue weighted by Crippen LogP contribution is -2.42. The van der Waals surface area contributed by atoms with Crippen LogP contribution in [0.25, 0.3) is 0 Å². The van der Waals surface area contributed by atoms with Crippen LogP contribution in [-0.4, -0.2) is 32.0 Å². The van der Waals surface area contributed by atoms with Crippen molar-refractivity contribution in [2.24, 2.45) is 11.7 Å². The van der Waals surface area contributed by atoms with Crippen molar-refractivity contribution in [3.8, 4) is 0 Å². The van der Waals surface area contributed by atoms with Gasteiger partial charge in [-0.1, -0.05) is 55.9 Å². The van der Waals surface area contributed by atoms with Crippen LogP contribution in [0.15, 0.2) is 35.5 Å². The van der Waals surface area contributed by atoms with Gasteiger partial charge in [-0.3, -0.25) is 10.1 Å². The second-order valence-electron chi connectivity index (χ2n) is 6.82. The van der Waals surface area contributed by atoms with Crippen molar-refractivity contribution >= 4 is 23.7 Å². The van der Waals surface area contributed by atoms with Gasteiger partial charge in [-0.2, -0.15) is 0 Å². The van der Waals surface area contributed by atoms with Crippen LogP contribution >= 0.6 is 11.8 Å². The van der Waals surface area contributed by atoms with Gasteiger partial charge in [0, 0.05) is 5.92 Å². The number of amides is 3. The number of benzene rings is 1. The summed E-state index contributed by atoms with van der Waals surface area (Å²) in [6.45, 7) is 4.51. The molecule has 1 aliphatic carbocycles. The molecule has 0 aliphatic heterocycles. The first-order chi connectivity index (χ1) is 12.5. The molecule has 0 bridgehead atoms. The Labute approximate surface area is 156 Å². The molecule has 0 unspecified atom stereocenters. The molecular formula is C18H23N5O2S. The maximum atomic E-state index is 12.3. The minimum absolute atomic E-state index is 0.00519. The van der Waals surface area contributed by atoms with E-state index in [2.05, 4.69) is 32.2 Å². The highest BCUT2D eigenvalue weighted by atomic mass is 32.2. The molecule has 1 fully saturated rings. The van der Waals surface area contributed by atoms with Crippen LogP contribution in [0.1, 0.15) is 44.0 Å². The highest BCUT2D eigenvalue weighted by molar-refractivity contribution is 8.00. The summed E-state index contributed by atoms with van der Waals surface area (Å²) in [6, 6.07) is 9.26. The van der Waals surface area contributed by atoms with Gasteiger partial charge in [-0.25, -0.2) is 4.79 Å². The number of primary amides is 1. The highest BCUT2D eigenvalue weighted by Gasteiger charge is 2.32. The van der Waals surface area contributed by atoms with Crippen LogP contribution in [0.3, 0.4) is 0 Å². The summed E-state index contributed by atoms with van der Waals surface area (Å²) in [5.41, 5.74) is 6.25. The van der Waals surface area contributed by atoms with Crippen LogP contribution in [0.2, 0.25) is 0 Å². The molecule has 0 radical (unpaired) electrons. The van der Waals surface area contributed by atoms with Crippen molar-refractivity contribution < 1.29 is 9.59 Å². The normalized spacial score (nSPS) is 15.0. The monoisotopic (exact) mass is 373 g/mol. The molecule has 1 heterocycles. The Morgan fingerprint density at radius 1 is 1.27 bits per heavy atom. The fourth-order valence-electron chi connectivity index (χ4n) is 2.74. The summed E-state index contributed by atoms with van der Waals surface area (Å²) in [4.78, 5) is 23.4. The number of nitrogens with zero attached hydrogens (tertiary/aromatic N) is 3. The van der Waals surface area contributed by atoms with Crippen molar-refractivity contribution in [2.75, 3.05) is 0 Å². The van der Waals surface area contributed by atoms with E-state index in [4.69, 9.17) is 5.73 Å². The standard InChI is InChI=1S/C18H23N5O2S/c1-11(2)14(16(24)20-17(19)25)26-18-22-21-15(13-8-9-13)23(18)10-12-6-4-3-5-7-12/h3-7,11,13-14H,8-10H2,1-2H3,(H3,19,20,24,25)/t14-/m0/s1. The van der Waals surface area contributed by atoms with Crippen LogP contribution in [0.5, 0.6) is 0 Å². The average molecular weight is 373 g/mol. The molecule has 7 nitrogen and oxygen atoms in total. The van der Waals surface area contributed by atoms with E-state index in [1.165, 1.54) is 11.8 Å². The Bertz CT molecular complexity index is 786. The largest absolute Gasteiger partial charge is 0.351 e. The second-order valence-corrected chi connectivity index (χ2v) is 7.93. The number of hydrogen-bond donors (Lipinski definition) is 2. The second kappa shape index (κ2) is 7.90. The molecule has 1 aliphatic rings. The number of nitrogens with two attached hydrogens (primary N) is 1. The number of rotatable bonds is 7. The molecule has 26 heavy (non-hydrogen) atoms. The quantitative estimate of drug-likeness (QED) is 0.726. The Morgan fingerprint density at radius 3 is 2.54 bits per heavy atom. The van der Waals surface area contributed by atoms with E-state index in [0.717, 1.165) is 24.2 Å². The zero-order valence-corrected chi connectivity index (χ0v) is 15.7. The number of nitrogens with one attached hydrogen (secondary N) is 1. The van der Waals surface area contributed by atoms with E-state index in [-0.39, 0.29) is 5.92 Å². The van der Waals surface area contributed by atoms with E-state index >= 15 is 0 Å². The van der Waals surface area contributed by atoms with Gasteiger partial charge in [0.05, 0.1) is 11.8 Å². The van der Waals surface area contributed by atoms with Gasteiger partial charge in [0.15, 0.2) is 5.16 Å². The SMILES string of the molecule is CC(C)[C@H](Sc1nnc(C2CC2)n1Cc1ccccc1)C(=O)NC(N)=O. The maximum Gasteiger partial charge on any atom is 0.318 e. The van der Waals surface area contributed by atoms with Gasteiger partial charge in [0.25, 0.3) is 0 Å². The van der Waals surface area contributed by atoms with Crippen LogP contribution in [0.4, 0.5) is 4.79 Å². The lowest BCUT2D eigenvalue weighted by molar-refractivity contribution is -0.120. The average Bonchev–Trinajstić information content (AvgIpc) is 3.35. The van der Waals surface area contributed by atoms with Crippen molar-refractivity contribution in [3.05, 3.63) is 41.7 Å². The smallest absolute Gasteiger partial charge is 0.318 e. The topological polar surface area (TPSA) is 103 Å². The Kier molecular flexibility index (Phi) is 5.61. The first-order valence-corrected chi connectivity index (χ1v) is 9.57. The first-order valence-electron chi connectivity index (χ1n) is 8.69. The molecule has 3 rings (SSSR count). The van der Waals surface area contributed by atoms with Gasteiger partial charge < -0.3 is 10.3 Å². The highest BCUT2D eigenvalue weighted by Crippen LogP contribution is 2.41. The summed E-state index contributed by atoms with van der Waals surface area (Å²) in [7, 11) is 0. The fraction of sp³-hybridized carbons (Fsp3) is 0.444. The Hall–Kier alpha value is -2.35. The minimum atomic E-state index is -0.842. The van der Waals surface area contributed by atoms with Crippen molar-refractivity contribution in [2.45, 2.75) is 49.6 Å². The molecule has 1 atom stereocenters. The van der Waals surface area contributed by atoms with Crippen molar-refractivity contribution in [1.29, 1.82) is 0 Å². The number of thioether (sulfide) groups is 1. The van der Waals surface area contributed by atoms with Gasteiger partial charge in [-0.05, 0) is 24.3 Å². The number of urea groups is 1. The summed E-state index contributed by atoms with van der Waals surface area (Å²) in [5, 5.41) is 11.1. The Balaban J connectivity index is 1.86. The van der Waals surface area contributed by atoms with Crippen LogP contribution in [-0.2, 0) is 11.3 Å². The molecule has 8 heteroatoms. The molecule has 1 aromatic carbocycles. The third-order valence-electron chi connectivity index (χ3n) is 4.21. The van der Waals surface area contributed by atoms with Gasteiger partial charge in [0.2, 0.25) is 5.91 Å². The third kappa shape index (κ3) is 4.43. The number of carbonyl (C=O) groups is 2. The fourth-order valence-corrected chi connectivity index (χ4v) is 3.78. The van der Waals surface area contributed by atoms with E-state index in [0.29, 0.717) is 17.6 Å². The van der Waals surface area contributed by atoms with E-state index in [1.807, 2.05) is 32.0 Å². The lowest BCUT2D eigenvalue weighted by Gasteiger charge is -2.19. The van der Waals surface area contributed by atoms with E-state index in [9.17, 15) is 9.59 Å².